The van der Waals surface area contributed by atoms with Gasteiger partial charge in [-0.3, -0.25) is 0 Å². The van der Waals surface area contributed by atoms with Gasteiger partial charge in [0.25, 0.3) is 0 Å². The first kappa shape index (κ1) is 24.0. The van der Waals surface area contributed by atoms with Crippen LogP contribution in [0.4, 0.5) is 8.78 Å². The van der Waals surface area contributed by atoms with Gasteiger partial charge in [-0.15, -0.1) is 0 Å². The van der Waals surface area contributed by atoms with Crippen molar-refractivity contribution >= 4 is 0 Å². The van der Waals surface area contributed by atoms with Crippen molar-refractivity contribution in [3.8, 4) is 6.07 Å². The number of aryl methyl sites for hydroxylation is 1. The highest BCUT2D eigenvalue weighted by atomic mass is 19.2. The van der Waals surface area contributed by atoms with Gasteiger partial charge < -0.3 is 4.90 Å². The molecule has 0 radical (unpaired) electrons. The number of halogens is 2. The Labute approximate surface area is 180 Å². The van der Waals surface area contributed by atoms with E-state index >= 15 is 0 Å². The summed E-state index contributed by atoms with van der Waals surface area (Å²) < 4.78 is 26.8. The first-order valence-corrected chi connectivity index (χ1v) is 11.0. The number of nitrogens with zero attached hydrogens (tertiary/aromatic N) is 2. The zero-order valence-corrected chi connectivity index (χ0v) is 18.2. The molecular formula is C26H34F2N2. The molecule has 2 aromatic carbocycles. The quantitative estimate of drug-likeness (QED) is 0.485. The van der Waals surface area contributed by atoms with Crippen molar-refractivity contribution in [1.82, 2.24) is 4.90 Å². The topological polar surface area (TPSA) is 27.0 Å². The molecule has 0 bridgehead atoms. The third-order valence-corrected chi connectivity index (χ3v) is 5.81. The SMILES string of the molecule is CC#N.CCN(CCCc1ccc(C2CC(F)C(F)C2)cc1)CCc1ccccc1. The maximum Gasteiger partial charge on any atom is 0.132 e. The summed E-state index contributed by atoms with van der Waals surface area (Å²) in [6.45, 7) is 6.91. The Morgan fingerprint density at radius 3 is 2.03 bits per heavy atom. The molecule has 0 amide bonds. The maximum atomic E-state index is 13.4. The largest absolute Gasteiger partial charge is 0.303 e. The highest BCUT2D eigenvalue weighted by molar-refractivity contribution is 5.27. The van der Waals surface area contributed by atoms with E-state index in [9.17, 15) is 8.78 Å². The van der Waals surface area contributed by atoms with Gasteiger partial charge in [-0.2, -0.15) is 5.26 Å². The third kappa shape index (κ3) is 7.88. The van der Waals surface area contributed by atoms with Crippen molar-refractivity contribution in [2.75, 3.05) is 19.6 Å². The zero-order valence-electron chi connectivity index (χ0n) is 18.2. The average molecular weight is 413 g/mol. The predicted molar refractivity (Wildman–Crippen MR) is 120 cm³/mol. The van der Waals surface area contributed by atoms with E-state index in [1.165, 1.54) is 18.1 Å². The Morgan fingerprint density at radius 2 is 1.47 bits per heavy atom. The lowest BCUT2D eigenvalue weighted by Gasteiger charge is -2.20. The Balaban J connectivity index is 0.00000101. The lowest BCUT2D eigenvalue weighted by molar-refractivity contribution is 0.199. The molecule has 1 fully saturated rings. The van der Waals surface area contributed by atoms with Crippen molar-refractivity contribution in [3.05, 3.63) is 71.3 Å². The summed E-state index contributed by atoms with van der Waals surface area (Å²) in [7, 11) is 0. The summed E-state index contributed by atoms with van der Waals surface area (Å²) in [5, 5.41) is 7.32. The summed E-state index contributed by atoms with van der Waals surface area (Å²) in [5.41, 5.74) is 3.79. The van der Waals surface area contributed by atoms with Crippen LogP contribution in [0.2, 0.25) is 0 Å². The zero-order chi connectivity index (χ0) is 21.8. The van der Waals surface area contributed by atoms with E-state index in [-0.39, 0.29) is 5.92 Å². The Hall–Kier alpha value is -2.25. The fourth-order valence-electron chi connectivity index (χ4n) is 4.03. The Bertz CT molecular complexity index is 745. The second-order valence-electron chi connectivity index (χ2n) is 7.94. The molecule has 30 heavy (non-hydrogen) atoms. The second-order valence-corrected chi connectivity index (χ2v) is 7.94. The Kier molecular flexibility index (Phi) is 10.5. The van der Waals surface area contributed by atoms with Crippen molar-refractivity contribution in [3.63, 3.8) is 0 Å². The molecule has 0 aliphatic heterocycles. The molecule has 2 nitrogen and oxygen atoms in total. The van der Waals surface area contributed by atoms with Gasteiger partial charge in [0.1, 0.15) is 12.3 Å². The number of likely N-dealkylation sites (N-methyl/N-ethyl adjacent to an activating group) is 1. The van der Waals surface area contributed by atoms with Gasteiger partial charge in [-0.05, 0) is 67.8 Å². The molecule has 0 heterocycles. The molecule has 4 heteroatoms. The minimum Gasteiger partial charge on any atom is -0.303 e. The Morgan fingerprint density at radius 1 is 0.900 bits per heavy atom. The molecule has 0 saturated heterocycles. The standard InChI is InChI=1S/C24H31F2N.C2H3N/c1-2-27(16-14-19-7-4-3-5-8-19)15-6-9-20-10-12-21(13-11-20)22-17-23(25)24(26)18-22;1-2-3/h3-5,7-8,10-13,22-24H,2,6,9,14-18H2,1H3;1H3. The number of benzene rings is 2. The molecule has 0 aromatic heterocycles. The van der Waals surface area contributed by atoms with Gasteiger partial charge in [-0.25, -0.2) is 8.78 Å². The van der Waals surface area contributed by atoms with Gasteiger partial charge in [-0.1, -0.05) is 61.5 Å². The van der Waals surface area contributed by atoms with Crippen molar-refractivity contribution in [1.29, 1.82) is 5.26 Å². The molecule has 1 aliphatic rings. The lowest BCUT2D eigenvalue weighted by Crippen LogP contribution is -2.27. The van der Waals surface area contributed by atoms with Crippen LogP contribution >= 0.6 is 0 Å². The summed E-state index contributed by atoms with van der Waals surface area (Å²) in [6.07, 6.45) is 1.35. The summed E-state index contributed by atoms with van der Waals surface area (Å²) in [6, 6.07) is 20.8. The summed E-state index contributed by atoms with van der Waals surface area (Å²) >= 11 is 0. The van der Waals surface area contributed by atoms with Gasteiger partial charge in [0.15, 0.2) is 0 Å². The minimum absolute atomic E-state index is 0.0395. The van der Waals surface area contributed by atoms with Crippen LogP contribution in [0.15, 0.2) is 54.6 Å². The fraction of sp³-hybridized carbons (Fsp3) is 0.500. The van der Waals surface area contributed by atoms with E-state index in [0.29, 0.717) is 12.8 Å². The minimum atomic E-state index is -1.29. The van der Waals surface area contributed by atoms with Crippen LogP contribution in [0.5, 0.6) is 0 Å². The number of rotatable bonds is 9. The number of alkyl halides is 2. The third-order valence-electron chi connectivity index (χ3n) is 5.81. The van der Waals surface area contributed by atoms with Crippen LogP contribution in [0, 0.1) is 11.3 Å². The monoisotopic (exact) mass is 412 g/mol. The van der Waals surface area contributed by atoms with Gasteiger partial charge in [0.2, 0.25) is 0 Å². The van der Waals surface area contributed by atoms with Crippen molar-refractivity contribution in [2.45, 2.75) is 64.2 Å². The van der Waals surface area contributed by atoms with E-state index in [1.807, 2.05) is 0 Å². The molecule has 162 valence electrons. The highest BCUT2D eigenvalue weighted by Gasteiger charge is 2.35. The fourth-order valence-corrected chi connectivity index (χ4v) is 4.03. The van der Waals surface area contributed by atoms with E-state index in [0.717, 1.165) is 44.5 Å². The molecule has 1 aliphatic carbocycles. The molecule has 0 spiro atoms. The molecule has 2 aromatic rings. The van der Waals surface area contributed by atoms with E-state index in [2.05, 4.69) is 66.4 Å². The second kappa shape index (κ2) is 13.1. The van der Waals surface area contributed by atoms with E-state index in [1.54, 1.807) is 6.07 Å². The smallest absolute Gasteiger partial charge is 0.132 e. The van der Waals surface area contributed by atoms with E-state index in [4.69, 9.17) is 5.26 Å². The summed E-state index contributed by atoms with van der Waals surface area (Å²) in [5.74, 6) is 0.0395. The normalized spacial score (nSPS) is 20.5. The molecule has 2 unspecified atom stereocenters. The molecule has 0 N–H and O–H groups in total. The molecule has 2 atom stereocenters. The van der Waals surface area contributed by atoms with Crippen molar-refractivity contribution < 1.29 is 8.78 Å². The predicted octanol–water partition coefficient (Wildman–Crippen LogP) is 6.27. The van der Waals surface area contributed by atoms with E-state index < -0.39 is 12.3 Å². The first-order valence-electron chi connectivity index (χ1n) is 11.0. The molecule has 1 saturated carbocycles. The molecule has 3 rings (SSSR count). The highest BCUT2D eigenvalue weighted by Crippen LogP contribution is 2.38. The van der Waals surface area contributed by atoms with Crippen LogP contribution in [0.1, 0.15) is 55.7 Å². The first-order chi connectivity index (χ1) is 14.6. The van der Waals surface area contributed by atoms with Gasteiger partial charge >= 0.3 is 0 Å². The van der Waals surface area contributed by atoms with Crippen molar-refractivity contribution in [2.24, 2.45) is 0 Å². The number of hydrogen-bond donors (Lipinski definition) is 0. The van der Waals surface area contributed by atoms with Crippen LogP contribution in [0.25, 0.3) is 0 Å². The van der Waals surface area contributed by atoms with Gasteiger partial charge in [0.05, 0.1) is 6.07 Å². The van der Waals surface area contributed by atoms with Gasteiger partial charge in [0, 0.05) is 13.5 Å². The summed E-state index contributed by atoms with van der Waals surface area (Å²) in [4.78, 5) is 2.50. The van der Waals surface area contributed by atoms with Crippen LogP contribution in [-0.2, 0) is 12.8 Å². The number of nitriles is 1. The van der Waals surface area contributed by atoms with Crippen LogP contribution < -0.4 is 0 Å². The van der Waals surface area contributed by atoms with Crippen LogP contribution in [-0.4, -0.2) is 36.9 Å². The molecular weight excluding hydrogens is 378 g/mol. The maximum absolute atomic E-state index is 13.4. The average Bonchev–Trinajstić information content (AvgIpc) is 3.10. The lowest BCUT2D eigenvalue weighted by atomic mass is 9.96. The number of hydrogen-bond acceptors (Lipinski definition) is 2. The van der Waals surface area contributed by atoms with Crippen LogP contribution in [0.3, 0.4) is 0 Å².